The van der Waals surface area contributed by atoms with Crippen LogP contribution in [0.15, 0.2) is 60.9 Å². The van der Waals surface area contributed by atoms with Gasteiger partial charge in [-0.2, -0.15) is 5.10 Å². The minimum absolute atomic E-state index is 0.000421. The van der Waals surface area contributed by atoms with Gasteiger partial charge in [-0.3, -0.25) is 24.0 Å². The Bertz CT molecular complexity index is 1870. The first-order valence-electron chi connectivity index (χ1n) is 17.7. The summed E-state index contributed by atoms with van der Waals surface area (Å²) in [5.41, 5.74) is 5.95. The number of hydrogen-bond donors (Lipinski definition) is 2. The number of piperidine rings is 1. The third-order valence-electron chi connectivity index (χ3n) is 10.8. The van der Waals surface area contributed by atoms with Crippen LogP contribution in [-0.4, -0.2) is 92.5 Å². The zero-order chi connectivity index (χ0) is 35.0. The first-order chi connectivity index (χ1) is 24.1. The van der Waals surface area contributed by atoms with Gasteiger partial charge < -0.3 is 25.0 Å². The Morgan fingerprint density at radius 3 is 2.28 bits per heavy atom. The van der Waals surface area contributed by atoms with E-state index in [-0.39, 0.29) is 23.3 Å². The second kappa shape index (κ2) is 13.8. The van der Waals surface area contributed by atoms with Crippen LogP contribution in [0.25, 0.3) is 0 Å². The van der Waals surface area contributed by atoms with Gasteiger partial charge in [0.15, 0.2) is 5.82 Å². The fourth-order valence-electron chi connectivity index (χ4n) is 7.76. The molecule has 12 heteroatoms. The number of anilines is 1. The molecule has 2 fully saturated rings. The molecule has 0 radical (unpaired) electrons. The molecular formula is C38H47N9O3. The summed E-state index contributed by atoms with van der Waals surface area (Å²) >= 11 is 0. The lowest BCUT2D eigenvalue weighted by atomic mass is 9.72. The maximum absolute atomic E-state index is 13.8. The number of aromatic nitrogens is 4. The van der Waals surface area contributed by atoms with Crippen LogP contribution in [0.3, 0.4) is 0 Å². The van der Waals surface area contributed by atoms with Crippen LogP contribution in [0.4, 0.5) is 5.69 Å². The van der Waals surface area contributed by atoms with Gasteiger partial charge in [0.25, 0.3) is 17.7 Å². The van der Waals surface area contributed by atoms with Crippen molar-refractivity contribution in [3.63, 3.8) is 0 Å². The monoisotopic (exact) mass is 677 g/mol. The molecule has 7 rings (SSSR count). The summed E-state index contributed by atoms with van der Waals surface area (Å²) in [6, 6.07) is 15.8. The number of carbonyl (C=O) groups is 3. The highest BCUT2D eigenvalue weighted by Gasteiger charge is 2.49. The average molecular weight is 678 g/mol. The summed E-state index contributed by atoms with van der Waals surface area (Å²) in [6.07, 6.45) is 8.77. The zero-order valence-corrected chi connectivity index (χ0v) is 29.5. The van der Waals surface area contributed by atoms with Gasteiger partial charge >= 0.3 is 0 Å². The first-order valence-corrected chi connectivity index (χ1v) is 17.7. The highest BCUT2D eigenvalue weighted by Crippen LogP contribution is 2.49. The van der Waals surface area contributed by atoms with Crippen LogP contribution in [0.5, 0.6) is 0 Å². The maximum Gasteiger partial charge on any atom is 0.289 e. The van der Waals surface area contributed by atoms with Crippen molar-refractivity contribution in [2.75, 3.05) is 46.1 Å². The Balaban J connectivity index is 0.979. The van der Waals surface area contributed by atoms with Crippen LogP contribution in [0.1, 0.15) is 92.0 Å². The van der Waals surface area contributed by atoms with E-state index < -0.39 is 0 Å². The van der Waals surface area contributed by atoms with E-state index in [9.17, 15) is 14.4 Å². The van der Waals surface area contributed by atoms with Crippen molar-refractivity contribution < 1.29 is 14.4 Å². The third kappa shape index (κ3) is 6.33. The van der Waals surface area contributed by atoms with Crippen LogP contribution in [0.2, 0.25) is 0 Å². The van der Waals surface area contributed by atoms with Crippen molar-refractivity contribution in [1.82, 2.24) is 39.3 Å². The molecule has 2 aromatic carbocycles. The van der Waals surface area contributed by atoms with Gasteiger partial charge in [-0.15, -0.1) is 0 Å². The van der Waals surface area contributed by atoms with Gasteiger partial charge in [0.05, 0.1) is 35.2 Å². The number of hydrogen-bond acceptors (Lipinski definition) is 7. The third-order valence-corrected chi connectivity index (χ3v) is 10.8. The molecule has 4 aromatic rings. The van der Waals surface area contributed by atoms with E-state index >= 15 is 0 Å². The predicted molar refractivity (Wildman–Crippen MR) is 191 cm³/mol. The van der Waals surface area contributed by atoms with Crippen molar-refractivity contribution in [3.05, 3.63) is 100 Å². The summed E-state index contributed by atoms with van der Waals surface area (Å²) in [4.78, 5) is 49.7. The summed E-state index contributed by atoms with van der Waals surface area (Å²) in [5, 5.41) is 10.9. The van der Waals surface area contributed by atoms with E-state index in [1.165, 1.54) is 5.56 Å². The van der Waals surface area contributed by atoms with Crippen LogP contribution in [0, 0.1) is 6.92 Å². The molecule has 1 saturated carbocycles. The Labute approximate surface area is 293 Å². The Morgan fingerprint density at radius 1 is 0.920 bits per heavy atom. The summed E-state index contributed by atoms with van der Waals surface area (Å²) in [5.74, 6) is 0.187. The highest BCUT2D eigenvalue weighted by molar-refractivity contribution is 6.04. The summed E-state index contributed by atoms with van der Waals surface area (Å²) in [7, 11) is 5.33. The normalized spacial score (nSPS) is 17.2. The van der Waals surface area contributed by atoms with E-state index in [0.717, 1.165) is 75.2 Å². The lowest BCUT2D eigenvalue weighted by Gasteiger charge is -2.53. The smallest absolute Gasteiger partial charge is 0.289 e. The molecule has 1 saturated heterocycles. The second-order valence-electron chi connectivity index (χ2n) is 14.2. The number of benzene rings is 2. The molecule has 12 nitrogen and oxygen atoms in total. The lowest BCUT2D eigenvalue weighted by Crippen LogP contribution is -2.56. The van der Waals surface area contributed by atoms with Crippen molar-refractivity contribution >= 4 is 23.4 Å². The molecule has 0 unspecified atom stereocenters. The van der Waals surface area contributed by atoms with Gasteiger partial charge in [-0.05, 0) is 87.5 Å². The Kier molecular flexibility index (Phi) is 9.32. The number of nitrogens with zero attached hydrogens (tertiary/aromatic N) is 7. The predicted octanol–water partition coefficient (Wildman–Crippen LogP) is 4.43. The number of rotatable bonds is 9. The Morgan fingerprint density at radius 2 is 1.62 bits per heavy atom. The first kappa shape index (κ1) is 33.7. The van der Waals surface area contributed by atoms with Crippen LogP contribution >= 0.6 is 0 Å². The minimum atomic E-state index is -0.177. The number of imidazole rings is 1. The number of amides is 3. The topological polar surface area (TPSA) is 121 Å². The standard InChI is InChI=1S/C38H47N9O3/c1-26-32(22-41-47(26)31-14-18-39-19-15-31)35(48)42-30-12-8-27(9-13-30)24-44(4)37(50)34-40-23-33-38(16-5-17-38)45(20-21-46(33)34)25-28-6-10-29(11-7-28)36(49)43(2)3/h6-13,22-23,31,39H,5,14-21,24-25H2,1-4H3,(H,42,48). The molecule has 262 valence electrons. The fourth-order valence-corrected chi connectivity index (χ4v) is 7.76. The van der Waals surface area contributed by atoms with Crippen LogP contribution < -0.4 is 10.6 Å². The van der Waals surface area contributed by atoms with E-state index in [2.05, 4.69) is 30.2 Å². The van der Waals surface area contributed by atoms with E-state index in [4.69, 9.17) is 0 Å². The minimum Gasteiger partial charge on any atom is -0.345 e. The number of fused-ring (bicyclic) bond motifs is 2. The molecule has 2 N–H and O–H groups in total. The molecule has 2 aromatic heterocycles. The second-order valence-corrected chi connectivity index (χ2v) is 14.2. The molecule has 0 atom stereocenters. The Hall–Kier alpha value is -4.81. The van der Waals surface area contributed by atoms with E-state index in [0.29, 0.717) is 41.8 Å². The SMILES string of the molecule is Cc1c(C(=O)Nc2ccc(CN(C)C(=O)c3ncc4n3CCN(Cc3ccc(C(=O)N(C)C)cc3)C43CCC3)cc2)cnn1C1CCNCC1. The van der Waals surface area contributed by atoms with Crippen LogP contribution in [-0.2, 0) is 25.2 Å². The molecule has 2 aliphatic heterocycles. The van der Waals surface area contributed by atoms with Gasteiger partial charge in [0.1, 0.15) is 0 Å². The summed E-state index contributed by atoms with van der Waals surface area (Å²) in [6.45, 7) is 6.58. The lowest BCUT2D eigenvalue weighted by molar-refractivity contribution is -0.0218. The van der Waals surface area contributed by atoms with Gasteiger partial charge in [0.2, 0.25) is 0 Å². The quantitative estimate of drug-likeness (QED) is 0.269. The molecular weight excluding hydrogens is 630 g/mol. The van der Waals surface area contributed by atoms with Crippen molar-refractivity contribution in [1.29, 1.82) is 0 Å². The molecule has 50 heavy (non-hydrogen) atoms. The molecule has 0 bridgehead atoms. The highest BCUT2D eigenvalue weighted by atomic mass is 16.2. The molecule has 3 aliphatic rings. The maximum atomic E-state index is 13.8. The van der Waals surface area contributed by atoms with Gasteiger partial charge in [0, 0.05) is 64.3 Å². The molecule has 1 aliphatic carbocycles. The van der Waals surface area contributed by atoms with Crippen molar-refractivity contribution in [2.24, 2.45) is 0 Å². The average Bonchev–Trinajstić information content (AvgIpc) is 3.72. The zero-order valence-electron chi connectivity index (χ0n) is 29.5. The molecule has 3 amide bonds. The molecule has 1 spiro atoms. The largest absolute Gasteiger partial charge is 0.345 e. The number of carbonyl (C=O) groups excluding carboxylic acids is 3. The summed E-state index contributed by atoms with van der Waals surface area (Å²) < 4.78 is 4.11. The van der Waals surface area contributed by atoms with Crippen molar-refractivity contribution in [3.8, 4) is 0 Å². The van der Waals surface area contributed by atoms with Crippen molar-refractivity contribution in [2.45, 2.75) is 70.2 Å². The van der Waals surface area contributed by atoms with Gasteiger partial charge in [-0.1, -0.05) is 24.3 Å². The van der Waals surface area contributed by atoms with Gasteiger partial charge in [-0.25, -0.2) is 4.98 Å². The molecule has 4 heterocycles. The van der Waals surface area contributed by atoms with E-state index in [1.807, 2.05) is 66.3 Å². The van der Waals surface area contributed by atoms with E-state index in [1.54, 1.807) is 37.1 Å². The number of nitrogens with one attached hydrogen (secondary N) is 2. The fraction of sp³-hybridized carbons (Fsp3) is 0.447.